The number of aryl methyl sites for hydroxylation is 1. The third kappa shape index (κ3) is 1.67. The van der Waals surface area contributed by atoms with E-state index in [9.17, 15) is 0 Å². The van der Waals surface area contributed by atoms with Gasteiger partial charge in [-0.15, -0.1) is 0 Å². The third-order valence-corrected chi connectivity index (χ3v) is 2.30. The molecule has 1 aromatic heterocycles. The highest BCUT2D eigenvalue weighted by molar-refractivity contribution is 6.27. The topological polar surface area (TPSA) is 12.9 Å². The van der Waals surface area contributed by atoms with Gasteiger partial charge >= 0.3 is 0 Å². The van der Waals surface area contributed by atoms with Gasteiger partial charge in [0, 0.05) is 17.4 Å². The van der Waals surface area contributed by atoms with Crippen molar-refractivity contribution in [1.82, 2.24) is 4.98 Å². The Bertz CT molecular complexity index is 316. The van der Waals surface area contributed by atoms with Gasteiger partial charge in [-0.05, 0) is 43.5 Å². The molecule has 64 valence electrons. The van der Waals surface area contributed by atoms with E-state index in [1.54, 1.807) is 0 Å². The Balaban J connectivity index is 3.26. The van der Waals surface area contributed by atoms with Crippen molar-refractivity contribution in [2.75, 3.05) is 0 Å². The molecule has 0 aliphatic heterocycles. The van der Waals surface area contributed by atoms with Crippen LogP contribution in [0.3, 0.4) is 0 Å². The van der Waals surface area contributed by atoms with E-state index in [2.05, 4.69) is 18.8 Å². The molecule has 0 radical (unpaired) electrons. The fourth-order valence-corrected chi connectivity index (χ4v) is 1.22. The van der Waals surface area contributed by atoms with E-state index in [0.29, 0.717) is 0 Å². The zero-order valence-electron chi connectivity index (χ0n) is 7.56. The van der Waals surface area contributed by atoms with E-state index in [0.717, 1.165) is 11.3 Å². The van der Waals surface area contributed by atoms with Crippen LogP contribution in [0.25, 0.3) is 6.08 Å². The normalized spacial score (nSPS) is 11.0. The number of aromatic nitrogens is 1. The molecule has 0 atom stereocenters. The van der Waals surface area contributed by atoms with E-state index in [1.807, 2.05) is 19.2 Å². The van der Waals surface area contributed by atoms with Gasteiger partial charge in [-0.3, -0.25) is 4.98 Å². The summed E-state index contributed by atoms with van der Waals surface area (Å²) in [6, 6.07) is 0. The van der Waals surface area contributed by atoms with Gasteiger partial charge in [0.05, 0.1) is 0 Å². The van der Waals surface area contributed by atoms with Crippen molar-refractivity contribution < 1.29 is 0 Å². The molecule has 0 aromatic carbocycles. The largest absolute Gasteiger partial charge is 0.261 e. The lowest BCUT2D eigenvalue weighted by molar-refractivity contribution is 1.11. The molecule has 2 heteroatoms. The van der Waals surface area contributed by atoms with Gasteiger partial charge < -0.3 is 0 Å². The number of pyridine rings is 1. The lowest BCUT2D eigenvalue weighted by Crippen LogP contribution is -1.93. The monoisotopic (exact) mass is 181 g/mol. The van der Waals surface area contributed by atoms with Gasteiger partial charge in [0.15, 0.2) is 0 Å². The molecule has 0 aliphatic carbocycles. The van der Waals surface area contributed by atoms with Crippen molar-refractivity contribution in [1.29, 1.82) is 0 Å². The highest BCUT2D eigenvalue weighted by Gasteiger charge is 2.01. The first-order chi connectivity index (χ1) is 5.66. The van der Waals surface area contributed by atoms with E-state index in [1.165, 1.54) is 16.7 Å². The van der Waals surface area contributed by atoms with Gasteiger partial charge in [-0.2, -0.15) is 0 Å². The smallest absolute Gasteiger partial charge is 0.0404 e. The summed E-state index contributed by atoms with van der Waals surface area (Å²) in [7, 11) is 0. The van der Waals surface area contributed by atoms with Crippen molar-refractivity contribution in [3.63, 3.8) is 0 Å². The number of hydrogen-bond acceptors (Lipinski definition) is 1. The molecule has 12 heavy (non-hydrogen) atoms. The summed E-state index contributed by atoms with van der Waals surface area (Å²) in [5.41, 5.74) is 6.17. The molecule has 1 rings (SSSR count). The van der Waals surface area contributed by atoms with Gasteiger partial charge in [-0.1, -0.05) is 11.6 Å². The first kappa shape index (κ1) is 9.27. The molecule has 0 aliphatic rings. The van der Waals surface area contributed by atoms with Gasteiger partial charge in [-0.25, -0.2) is 0 Å². The fourth-order valence-electron chi connectivity index (χ4n) is 1.08. The summed E-state index contributed by atoms with van der Waals surface area (Å²) in [6.45, 7) is 6.16. The summed E-state index contributed by atoms with van der Waals surface area (Å²) in [5.74, 6) is 0. The maximum absolute atomic E-state index is 5.49. The van der Waals surface area contributed by atoms with Crippen LogP contribution in [-0.4, -0.2) is 4.98 Å². The van der Waals surface area contributed by atoms with E-state index >= 15 is 0 Å². The second-order valence-corrected chi connectivity index (χ2v) is 3.09. The third-order valence-electron chi connectivity index (χ3n) is 2.18. The van der Waals surface area contributed by atoms with Gasteiger partial charge in [0.2, 0.25) is 0 Å². The van der Waals surface area contributed by atoms with Crippen molar-refractivity contribution in [2.24, 2.45) is 0 Å². The molecule has 0 fully saturated rings. The van der Waals surface area contributed by atoms with Crippen LogP contribution >= 0.6 is 11.6 Å². The first-order valence-electron chi connectivity index (χ1n) is 3.86. The van der Waals surface area contributed by atoms with E-state index < -0.39 is 0 Å². The quantitative estimate of drug-likeness (QED) is 0.649. The SMILES string of the molecule is Cc1ncc(/C=C/Cl)c(C)c1C. The number of rotatable bonds is 1. The summed E-state index contributed by atoms with van der Waals surface area (Å²) in [6.07, 6.45) is 3.70. The minimum atomic E-state index is 1.08. The molecule has 1 aromatic rings. The minimum Gasteiger partial charge on any atom is -0.261 e. The molecule has 0 saturated heterocycles. The summed E-state index contributed by atoms with van der Waals surface area (Å²) >= 11 is 5.49. The van der Waals surface area contributed by atoms with Crippen LogP contribution in [0.1, 0.15) is 22.4 Å². The lowest BCUT2D eigenvalue weighted by Gasteiger charge is -2.05. The Hall–Kier alpha value is -0.820. The zero-order chi connectivity index (χ0) is 9.14. The maximum Gasteiger partial charge on any atom is 0.0404 e. The molecule has 1 heterocycles. The second kappa shape index (κ2) is 3.72. The van der Waals surface area contributed by atoms with Crippen molar-refractivity contribution in [3.05, 3.63) is 34.1 Å². The molecule has 1 nitrogen and oxygen atoms in total. The Morgan fingerprint density at radius 1 is 1.25 bits per heavy atom. The van der Waals surface area contributed by atoms with E-state index in [-0.39, 0.29) is 0 Å². The Morgan fingerprint density at radius 3 is 2.50 bits per heavy atom. The van der Waals surface area contributed by atoms with Crippen molar-refractivity contribution in [2.45, 2.75) is 20.8 Å². The maximum atomic E-state index is 5.49. The van der Waals surface area contributed by atoms with Gasteiger partial charge in [0.1, 0.15) is 0 Å². The summed E-state index contributed by atoms with van der Waals surface area (Å²) < 4.78 is 0. The van der Waals surface area contributed by atoms with Crippen LogP contribution in [0.4, 0.5) is 0 Å². The second-order valence-electron chi connectivity index (χ2n) is 2.84. The van der Waals surface area contributed by atoms with Crippen LogP contribution in [0, 0.1) is 20.8 Å². The van der Waals surface area contributed by atoms with Crippen LogP contribution in [0.15, 0.2) is 11.7 Å². The van der Waals surface area contributed by atoms with Gasteiger partial charge in [0.25, 0.3) is 0 Å². The predicted octanol–water partition coefficient (Wildman–Crippen LogP) is 3.22. The average Bonchev–Trinajstić information content (AvgIpc) is 2.07. The number of hydrogen-bond donors (Lipinski definition) is 0. The molecule has 0 N–H and O–H groups in total. The summed E-state index contributed by atoms with van der Waals surface area (Å²) in [5, 5.41) is 0. The van der Waals surface area contributed by atoms with Crippen LogP contribution < -0.4 is 0 Å². The van der Waals surface area contributed by atoms with Crippen LogP contribution in [-0.2, 0) is 0 Å². The highest BCUT2D eigenvalue weighted by atomic mass is 35.5. The molecular formula is C10H12ClN. The Labute approximate surface area is 78.1 Å². The van der Waals surface area contributed by atoms with E-state index in [4.69, 9.17) is 11.6 Å². The minimum absolute atomic E-state index is 1.08. The number of halogens is 1. The molecule has 0 amide bonds. The van der Waals surface area contributed by atoms with Crippen molar-refractivity contribution in [3.8, 4) is 0 Å². The highest BCUT2D eigenvalue weighted by Crippen LogP contribution is 2.15. The Kier molecular flexibility index (Phi) is 2.88. The molecule has 0 spiro atoms. The average molecular weight is 182 g/mol. The molecule has 0 saturated carbocycles. The standard InChI is InChI=1S/C10H12ClN/c1-7-8(2)10(4-5-11)6-12-9(7)3/h4-6H,1-3H3/b5-4+. The molecular weight excluding hydrogens is 170 g/mol. The molecule has 0 unspecified atom stereocenters. The van der Waals surface area contributed by atoms with Crippen molar-refractivity contribution >= 4 is 17.7 Å². The zero-order valence-corrected chi connectivity index (χ0v) is 8.31. The van der Waals surface area contributed by atoms with Crippen LogP contribution in [0.5, 0.6) is 0 Å². The lowest BCUT2D eigenvalue weighted by atomic mass is 10.0. The number of nitrogens with zero attached hydrogens (tertiary/aromatic N) is 1. The summed E-state index contributed by atoms with van der Waals surface area (Å²) in [4.78, 5) is 4.25. The fraction of sp³-hybridized carbons (Fsp3) is 0.300. The van der Waals surface area contributed by atoms with Crippen LogP contribution in [0.2, 0.25) is 0 Å². The first-order valence-corrected chi connectivity index (χ1v) is 4.30. The predicted molar refractivity (Wildman–Crippen MR) is 53.3 cm³/mol. The molecule has 0 bridgehead atoms. The Morgan fingerprint density at radius 2 is 1.92 bits per heavy atom.